The molecular weight excluding hydrogens is 392 g/mol. The Kier molecular flexibility index (Phi) is 21.3. The molecule has 0 aromatic carbocycles. The fraction of sp³-hybridized carbons (Fsp3) is 0.923. The molecule has 0 bridgehead atoms. The van der Waals surface area contributed by atoms with Gasteiger partial charge in [0.15, 0.2) is 6.10 Å². The van der Waals surface area contributed by atoms with Crippen molar-refractivity contribution in [3.05, 3.63) is 0 Å². The first kappa shape index (κ1) is 29.9. The van der Waals surface area contributed by atoms with E-state index < -0.39 is 6.10 Å². The molecule has 0 saturated carbocycles. The minimum Gasteiger partial charge on any atom is -0.462 e. The van der Waals surface area contributed by atoms with Crippen LogP contribution in [0, 0.1) is 5.92 Å². The maximum absolute atomic E-state index is 11.9. The molecule has 0 aromatic heterocycles. The van der Waals surface area contributed by atoms with Gasteiger partial charge in [0.05, 0.1) is 6.61 Å². The van der Waals surface area contributed by atoms with Crippen molar-refractivity contribution < 1.29 is 24.2 Å². The Morgan fingerprint density at radius 2 is 1.26 bits per heavy atom. The van der Waals surface area contributed by atoms with Crippen LogP contribution >= 0.6 is 0 Å². The fourth-order valence-corrected chi connectivity index (χ4v) is 3.53. The Balaban J connectivity index is 3.61. The van der Waals surface area contributed by atoms with Gasteiger partial charge in [-0.3, -0.25) is 9.59 Å². The molecule has 0 radical (unpaired) electrons. The highest BCUT2D eigenvalue weighted by Gasteiger charge is 2.16. The molecule has 0 fully saturated rings. The first-order valence-corrected chi connectivity index (χ1v) is 13.0. The number of esters is 2. The highest BCUT2D eigenvalue weighted by molar-refractivity contribution is 5.70. The predicted octanol–water partition coefficient (Wildman–Crippen LogP) is 6.74. The van der Waals surface area contributed by atoms with E-state index in [0.717, 1.165) is 44.4 Å². The largest absolute Gasteiger partial charge is 0.462 e. The molecule has 2 atom stereocenters. The van der Waals surface area contributed by atoms with Crippen LogP contribution in [0.4, 0.5) is 0 Å². The molecule has 5 nitrogen and oxygen atoms in total. The third-order valence-electron chi connectivity index (χ3n) is 5.94. The molecule has 1 N–H and O–H groups in total. The lowest BCUT2D eigenvalue weighted by atomic mass is 9.99. The Morgan fingerprint density at radius 3 is 1.81 bits per heavy atom. The molecule has 0 aromatic rings. The van der Waals surface area contributed by atoms with Crippen molar-refractivity contribution in [2.75, 3.05) is 13.2 Å². The Hall–Kier alpha value is -1.10. The summed E-state index contributed by atoms with van der Waals surface area (Å²) in [5, 5.41) is 9.37. The van der Waals surface area contributed by atoms with Crippen LogP contribution in [0.1, 0.15) is 130 Å². The summed E-state index contributed by atoms with van der Waals surface area (Å²) < 4.78 is 10.4. The van der Waals surface area contributed by atoms with Crippen LogP contribution < -0.4 is 0 Å². The van der Waals surface area contributed by atoms with Gasteiger partial charge in [-0.2, -0.15) is 0 Å². The fourth-order valence-electron chi connectivity index (χ4n) is 3.53. The average Bonchev–Trinajstić information content (AvgIpc) is 2.77. The summed E-state index contributed by atoms with van der Waals surface area (Å²) in [5.74, 6) is 0.253. The normalized spacial score (nSPS) is 13.0. The summed E-state index contributed by atoms with van der Waals surface area (Å²) in [6, 6.07) is 0. The van der Waals surface area contributed by atoms with Gasteiger partial charge in [-0.05, 0) is 18.8 Å². The summed E-state index contributed by atoms with van der Waals surface area (Å²) in [4.78, 5) is 23.7. The van der Waals surface area contributed by atoms with Gasteiger partial charge in [-0.1, -0.05) is 104 Å². The van der Waals surface area contributed by atoms with Crippen molar-refractivity contribution in [2.24, 2.45) is 5.92 Å². The summed E-state index contributed by atoms with van der Waals surface area (Å²) >= 11 is 0. The van der Waals surface area contributed by atoms with Crippen LogP contribution in [-0.4, -0.2) is 36.4 Å². The van der Waals surface area contributed by atoms with Crippen LogP contribution in [0.3, 0.4) is 0 Å². The molecule has 0 spiro atoms. The highest BCUT2D eigenvalue weighted by Crippen LogP contribution is 2.15. The quantitative estimate of drug-likeness (QED) is 0.148. The van der Waals surface area contributed by atoms with Gasteiger partial charge in [0.1, 0.15) is 6.61 Å². The molecule has 0 aliphatic rings. The number of hydrogen-bond donors (Lipinski definition) is 1. The van der Waals surface area contributed by atoms with E-state index in [4.69, 9.17) is 9.47 Å². The van der Waals surface area contributed by atoms with Crippen LogP contribution in [0.15, 0.2) is 0 Å². The van der Waals surface area contributed by atoms with E-state index in [0.29, 0.717) is 12.8 Å². The van der Waals surface area contributed by atoms with Crippen LogP contribution in [0.5, 0.6) is 0 Å². The second-order valence-electron chi connectivity index (χ2n) is 9.02. The van der Waals surface area contributed by atoms with Gasteiger partial charge in [-0.25, -0.2) is 0 Å². The van der Waals surface area contributed by atoms with Crippen LogP contribution in [0.25, 0.3) is 0 Å². The number of rotatable bonds is 22. The Bertz CT molecular complexity index is 424. The Morgan fingerprint density at radius 1 is 0.742 bits per heavy atom. The van der Waals surface area contributed by atoms with Crippen LogP contribution in [-0.2, 0) is 19.1 Å². The monoisotopic (exact) mass is 442 g/mol. The number of carbonyl (C=O) groups excluding carboxylic acids is 2. The number of unbranched alkanes of at least 4 members (excludes halogenated alkanes) is 11. The van der Waals surface area contributed by atoms with Crippen molar-refractivity contribution in [2.45, 2.75) is 136 Å². The maximum atomic E-state index is 11.9. The number of ether oxygens (including phenoxy) is 2. The molecule has 0 aliphatic carbocycles. The first-order chi connectivity index (χ1) is 15.0. The van der Waals surface area contributed by atoms with E-state index in [9.17, 15) is 14.7 Å². The van der Waals surface area contributed by atoms with E-state index in [2.05, 4.69) is 20.8 Å². The molecule has 31 heavy (non-hydrogen) atoms. The zero-order chi connectivity index (χ0) is 23.2. The summed E-state index contributed by atoms with van der Waals surface area (Å²) in [5.41, 5.74) is 0. The van der Waals surface area contributed by atoms with E-state index in [1.54, 1.807) is 0 Å². The van der Waals surface area contributed by atoms with Crippen molar-refractivity contribution in [3.8, 4) is 0 Å². The number of aliphatic hydroxyl groups is 1. The topological polar surface area (TPSA) is 72.8 Å². The highest BCUT2D eigenvalue weighted by atomic mass is 16.6. The SMILES string of the molecule is CCCCCCCC(=O)OC[C@H](CO)OC(=O)CCCCCCCCCCC(C)CC. The standard InChI is InChI=1S/C26H50O5/c1-4-6-7-12-16-19-25(28)30-22-24(21-27)31-26(29)20-17-14-11-9-8-10-13-15-18-23(3)5-2/h23-24,27H,4-22H2,1-3H3/t23?,24-/m0/s1. The molecule has 0 heterocycles. The van der Waals surface area contributed by atoms with Crippen molar-refractivity contribution >= 4 is 11.9 Å². The third kappa shape index (κ3) is 20.6. The lowest BCUT2D eigenvalue weighted by Gasteiger charge is -2.15. The van der Waals surface area contributed by atoms with Gasteiger partial charge < -0.3 is 14.6 Å². The molecule has 1 unspecified atom stereocenters. The Labute approximate surface area is 191 Å². The second-order valence-corrected chi connectivity index (χ2v) is 9.02. The van der Waals surface area contributed by atoms with Crippen molar-refractivity contribution in [1.82, 2.24) is 0 Å². The second kappa shape index (κ2) is 22.1. The molecule has 0 aliphatic heterocycles. The first-order valence-electron chi connectivity index (χ1n) is 13.0. The minimum absolute atomic E-state index is 0.0624. The molecule has 0 rings (SSSR count). The van der Waals surface area contributed by atoms with Gasteiger partial charge in [0.25, 0.3) is 0 Å². The number of carbonyl (C=O) groups is 2. The number of hydrogen-bond acceptors (Lipinski definition) is 5. The molecule has 0 saturated heterocycles. The van der Waals surface area contributed by atoms with E-state index in [1.165, 1.54) is 57.8 Å². The minimum atomic E-state index is -0.757. The smallest absolute Gasteiger partial charge is 0.306 e. The zero-order valence-corrected chi connectivity index (χ0v) is 20.7. The van der Waals surface area contributed by atoms with Crippen LogP contribution in [0.2, 0.25) is 0 Å². The lowest BCUT2D eigenvalue weighted by molar-refractivity contribution is -0.161. The predicted molar refractivity (Wildman–Crippen MR) is 127 cm³/mol. The molecular formula is C26H50O5. The van der Waals surface area contributed by atoms with E-state index >= 15 is 0 Å². The summed E-state index contributed by atoms with van der Waals surface area (Å²) in [7, 11) is 0. The molecule has 5 heteroatoms. The average molecular weight is 443 g/mol. The zero-order valence-electron chi connectivity index (χ0n) is 20.7. The summed E-state index contributed by atoms with van der Waals surface area (Å²) in [6.45, 7) is 6.36. The lowest BCUT2D eigenvalue weighted by Crippen LogP contribution is -2.28. The third-order valence-corrected chi connectivity index (χ3v) is 5.94. The summed E-state index contributed by atoms with van der Waals surface area (Å²) in [6.07, 6.45) is 17.5. The number of aliphatic hydroxyl groups excluding tert-OH is 1. The molecule has 0 amide bonds. The van der Waals surface area contributed by atoms with E-state index in [-0.39, 0.29) is 25.2 Å². The van der Waals surface area contributed by atoms with Gasteiger partial charge in [0, 0.05) is 12.8 Å². The maximum Gasteiger partial charge on any atom is 0.306 e. The molecule has 184 valence electrons. The van der Waals surface area contributed by atoms with Gasteiger partial charge in [-0.15, -0.1) is 0 Å². The van der Waals surface area contributed by atoms with E-state index in [1.807, 2.05) is 0 Å². The van der Waals surface area contributed by atoms with Gasteiger partial charge in [0.2, 0.25) is 0 Å². The van der Waals surface area contributed by atoms with Crippen molar-refractivity contribution in [3.63, 3.8) is 0 Å². The van der Waals surface area contributed by atoms with Crippen molar-refractivity contribution in [1.29, 1.82) is 0 Å². The van der Waals surface area contributed by atoms with Gasteiger partial charge >= 0.3 is 11.9 Å².